The van der Waals surface area contributed by atoms with E-state index in [4.69, 9.17) is 25.9 Å². The number of aliphatic hydroxyl groups is 2. The lowest BCUT2D eigenvalue weighted by Gasteiger charge is -2.39. The van der Waals surface area contributed by atoms with E-state index in [1.165, 1.54) is 0 Å². The van der Waals surface area contributed by atoms with E-state index in [-0.39, 0.29) is 38.6 Å². The number of hydrogen-bond acceptors (Lipinski definition) is 8. The summed E-state index contributed by atoms with van der Waals surface area (Å²) in [6.07, 6.45) is 1.49. The first kappa shape index (κ1) is 42.0. The van der Waals surface area contributed by atoms with Crippen molar-refractivity contribution in [2.24, 2.45) is 5.41 Å². The highest BCUT2D eigenvalue weighted by Crippen LogP contribution is 2.29. The molecule has 0 aliphatic rings. The van der Waals surface area contributed by atoms with Gasteiger partial charge in [0.05, 0.1) is 44.1 Å². The van der Waals surface area contributed by atoms with Crippen LogP contribution in [0.1, 0.15) is 26.7 Å². The molecule has 248 valence electrons. The van der Waals surface area contributed by atoms with Crippen molar-refractivity contribution in [3.8, 4) is 0 Å². The van der Waals surface area contributed by atoms with Gasteiger partial charge in [0.1, 0.15) is 0 Å². The van der Waals surface area contributed by atoms with E-state index >= 15 is 0 Å². The molecule has 0 aliphatic carbocycles. The van der Waals surface area contributed by atoms with E-state index in [2.05, 4.69) is 91.7 Å². The average Bonchev–Trinajstić information content (AvgIpc) is 2.71. The third-order valence-electron chi connectivity index (χ3n) is 6.12. The molecular formula is C27H68O8Si6. The topological polar surface area (TPSA) is 95.8 Å². The smallest absolute Gasteiger partial charge is 0.314 e. The van der Waals surface area contributed by atoms with Gasteiger partial charge in [-0.1, -0.05) is 0 Å². The van der Waals surface area contributed by atoms with Crippen LogP contribution < -0.4 is 0 Å². The second-order valence-corrected chi connectivity index (χ2v) is 42.0. The Morgan fingerprint density at radius 3 is 0.927 bits per heavy atom. The van der Waals surface area contributed by atoms with Crippen molar-refractivity contribution in [1.82, 2.24) is 0 Å². The van der Waals surface area contributed by atoms with Crippen molar-refractivity contribution in [2.45, 2.75) is 143 Å². The number of aliphatic hydroxyl groups excluding tert-OH is 2. The summed E-state index contributed by atoms with van der Waals surface area (Å²) >= 11 is 0. The predicted octanol–water partition coefficient (Wildman–Crippen LogP) is 7.10. The number of ether oxygens (including phenoxy) is 2. The van der Waals surface area contributed by atoms with Gasteiger partial charge in [-0.25, -0.2) is 0 Å². The van der Waals surface area contributed by atoms with Crippen LogP contribution in [0.2, 0.25) is 104 Å². The van der Waals surface area contributed by atoms with E-state index < -0.39 is 55.8 Å². The SMILES string of the molecule is CC(CC[Si](C)(O[Si](C)(C)C)O[Si](C)(C)C)OCC(CO)(CO)COC(C)CC[Si](C)(O[Si](C)(C)C)O[Si](C)(C)C. The Balaban J connectivity index is 5.15. The molecule has 0 aromatic rings. The maximum absolute atomic E-state index is 10.3. The summed E-state index contributed by atoms with van der Waals surface area (Å²) in [6.45, 7) is 35.0. The molecule has 0 heterocycles. The highest BCUT2D eigenvalue weighted by Gasteiger charge is 2.42. The molecule has 0 spiro atoms. The summed E-state index contributed by atoms with van der Waals surface area (Å²) in [6, 6.07) is 1.70. The van der Waals surface area contributed by atoms with Crippen molar-refractivity contribution in [1.29, 1.82) is 0 Å². The predicted molar refractivity (Wildman–Crippen MR) is 187 cm³/mol. The van der Waals surface area contributed by atoms with E-state index in [0.29, 0.717) is 0 Å². The monoisotopic (exact) mass is 688 g/mol. The van der Waals surface area contributed by atoms with Crippen molar-refractivity contribution in [2.75, 3.05) is 26.4 Å². The van der Waals surface area contributed by atoms with Crippen LogP contribution in [0.4, 0.5) is 0 Å². The highest BCUT2D eigenvalue weighted by atomic mass is 28.5. The van der Waals surface area contributed by atoms with Crippen LogP contribution in [0.5, 0.6) is 0 Å². The molecule has 2 N–H and O–H groups in total. The highest BCUT2D eigenvalue weighted by molar-refractivity contribution is 6.88. The molecule has 0 fully saturated rings. The Kier molecular flexibility index (Phi) is 16.9. The fraction of sp³-hybridized carbons (Fsp3) is 1.00. The lowest BCUT2D eigenvalue weighted by Crippen LogP contribution is -2.52. The van der Waals surface area contributed by atoms with Gasteiger partial charge in [0.2, 0.25) is 0 Å². The van der Waals surface area contributed by atoms with Gasteiger partial charge in [0.15, 0.2) is 33.3 Å². The third kappa shape index (κ3) is 20.6. The molecule has 2 unspecified atom stereocenters. The normalized spacial score (nSPS) is 16.2. The quantitative estimate of drug-likeness (QED) is 0.116. The minimum Gasteiger partial charge on any atom is -0.437 e. The van der Waals surface area contributed by atoms with Gasteiger partial charge in [-0.05, 0) is 130 Å². The summed E-state index contributed by atoms with van der Waals surface area (Å²) < 4.78 is 38.9. The maximum Gasteiger partial charge on any atom is 0.314 e. The molecule has 41 heavy (non-hydrogen) atoms. The van der Waals surface area contributed by atoms with Gasteiger partial charge < -0.3 is 36.1 Å². The van der Waals surface area contributed by atoms with Crippen LogP contribution in [-0.4, -0.2) is 99.2 Å². The first-order valence-electron chi connectivity index (χ1n) is 15.4. The molecule has 0 bridgehead atoms. The zero-order chi connectivity index (χ0) is 32.6. The maximum atomic E-state index is 10.3. The fourth-order valence-electron chi connectivity index (χ4n) is 4.85. The summed E-state index contributed by atoms with van der Waals surface area (Å²) in [5, 5.41) is 20.5. The molecule has 0 aliphatic heterocycles. The van der Waals surface area contributed by atoms with Gasteiger partial charge in [0.25, 0.3) is 0 Å². The molecule has 14 heteroatoms. The summed E-state index contributed by atoms with van der Waals surface area (Å²) in [4.78, 5) is 0. The lowest BCUT2D eigenvalue weighted by molar-refractivity contribution is -0.104. The van der Waals surface area contributed by atoms with Crippen LogP contribution in [-0.2, 0) is 25.9 Å². The molecule has 0 saturated heterocycles. The Bertz CT molecular complexity index is 652. The first-order valence-corrected chi connectivity index (χ1v) is 34.1. The van der Waals surface area contributed by atoms with Gasteiger partial charge >= 0.3 is 17.1 Å². The van der Waals surface area contributed by atoms with Crippen LogP contribution in [0.3, 0.4) is 0 Å². The van der Waals surface area contributed by atoms with Crippen LogP contribution in [0, 0.1) is 5.41 Å². The molecule has 0 aromatic carbocycles. The molecule has 0 rings (SSSR count). The zero-order valence-corrected chi connectivity index (χ0v) is 35.7. The van der Waals surface area contributed by atoms with Gasteiger partial charge in [-0.15, -0.1) is 0 Å². The largest absolute Gasteiger partial charge is 0.437 e. The number of rotatable bonds is 22. The molecule has 0 saturated carbocycles. The fourth-order valence-corrected chi connectivity index (χ4v) is 30.2. The Morgan fingerprint density at radius 1 is 0.488 bits per heavy atom. The average molecular weight is 689 g/mol. The van der Waals surface area contributed by atoms with Gasteiger partial charge in [-0.3, -0.25) is 0 Å². The van der Waals surface area contributed by atoms with Crippen LogP contribution >= 0.6 is 0 Å². The van der Waals surface area contributed by atoms with Gasteiger partial charge in [0, 0.05) is 0 Å². The molecular weight excluding hydrogens is 621 g/mol. The van der Waals surface area contributed by atoms with E-state index in [1.807, 2.05) is 13.8 Å². The van der Waals surface area contributed by atoms with Crippen molar-refractivity contribution in [3.63, 3.8) is 0 Å². The second-order valence-electron chi connectivity index (χ2n) is 16.3. The first-order chi connectivity index (χ1) is 18.2. The molecule has 8 nitrogen and oxygen atoms in total. The Hall–Kier alpha value is 0.981. The van der Waals surface area contributed by atoms with Crippen molar-refractivity contribution < 1.29 is 36.1 Å². The van der Waals surface area contributed by atoms with Crippen molar-refractivity contribution >= 4 is 50.4 Å². The summed E-state index contributed by atoms with van der Waals surface area (Å²) in [5.41, 5.74) is -0.864. The summed E-state index contributed by atoms with van der Waals surface area (Å²) in [7, 11) is -11.8. The Morgan fingerprint density at radius 2 is 0.732 bits per heavy atom. The Labute approximate surface area is 260 Å². The summed E-state index contributed by atoms with van der Waals surface area (Å²) in [5.74, 6) is 0. The molecule has 0 aromatic heterocycles. The minimum absolute atomic E-state index is 0.0590. The standard InChI is InChI=1S/C27H68O8Si6/c1-25(17-19-40(15,32-36(3,4)5)33-37(6,7)8)30-23-27(21-28,22-29)24-31-26(2)18-20-41(16,34-38(9,10)11)35-39(12,13)14/h25-26,28-29H,17-24H2,1-16H3. The molecule has 0 amide bonds. The second kappa shape index (κ2) is 16.5. The lowest BCUT2D eigenvalue weighted by atomic mass is 9.92. The van der Waals surface area contributed by atoms with E-state index in [9.17, 15) is 10.2 Å². The van der Waals surface area contributed by atoms with Gasteiger partial charge in [-0.2, -0.15) is 0 Å². The van der Waals surface area contributed by atoms with E-state index in [0.717, 1.165) is 24.9 Å². The third-order valence-corrected chi connectivity index (χ3v) is 25.2. The van der Waals surface area contributed by atoms with Crippen molar-refractivity contribution in [3.05, 3.63) is 0 Å². The molecule has 2 atom stereocenters. The van der Waals surface area contributed by atoms with Crippen LogP contribution in [0.25, 0.3) is 0 Å². The van der Waals surface area contributed by atoms with Crippen LogP contribution in [0.15, 0.2) is 0 Å². The van der Waals surface area contributed by atoms with E-state index in [1.54, 1.807) is 0 Å². The molecule has 0 radical (unpaired) electrons. The number of hydrogen-bond donors (Lipinski definition) is 2. The minimum atomic E-state index is -2.35. The zero-order valence-electron chi connectivity index (χ0n) is 29.7.